The summed E-state index contributed by atoms with van der Waals surface area (Å²) in [6.07, 6.45) is 2.54. The lowest BCUT2D eigenvalue weighted by molar-refractivity contribution is -0.0518. The number of hydrogen-bond donors (Lipinski definition) is 0. The largest absolute Gasteiger partial charge is 0.475 e. The van der Waals surface area contributed by atoms with Crippen LogP contribution >= 0.6 is 0 Å². The molecule has 0 aliphatic rings. The van der Waals surface area contributed by atoms with Gasteiger partial charge >= 0.3 is 12.3 Å². The summed E-state index contributed by atoms with van der Waals surface area (Å²) < 4.78 is 76.5. The SMILES string of the molecule is CCOc1nc([C@@H](CS(C)(=O)=O)n2c(=O)n(C)c3c(C)c(-c4ccc(F)cc4)cnc32)ccc1OC(F)F. The summed E-state index contributed by atoms with van der Waals surface area (Å²) in [5.74, 6) is -1.52. The third-order valence-electron chi connectivity index (χ3n) is 5.96. The topological polar surface area (TPSA) is 105 Å². The van der Waals surface area contributed by atoms with Gasteiger partial charge < -0.3 is 9.47 Å². The van der Waals surface area contributed by atoms with Gasteiger partial charge in [0.15, 0.2) is 11.4 Å². The highest BCUT2D eigenvalue weighted by Crippen LogP contribution is 2.33. The zero-order valence-corrected chi connectivity index (χ0v) is 21.8. The first-order chi connectivity index (χ1) is 17.9. The molecule has 1 aromatic carbocycles. The number of aromatic nitrogens is 4. The Hall–Kier alpha value is -3.87. The Morgan fingerprint density at radius 3 is 2.39 bits per heavy atom. The van der Waals surface area contributed by atoms with Gasteiger partial charge in [0, 0.05) is 25.1 Å². The molecule has 0 radical (unpaired) electrons. The van der Waals surface area contributed by atoms with E-state index in [1.807, 2.05) is 0 Å². The minimum Gasteiger partial charge on any atom is -0.475 e. The van der Waals surface area contributed by atoms with Crippen molar-refractivity contribution < 1.29 is 31.1 Å². The van der Waals surface area contributed by atoms with Crippen LogP contribution in [0.1, 0.15) is 24.2 Å². The van der Waals surface area contributed by atoms with E-state index >= 15 is 0 Å². The van der Waals surface area contributed by atoms with Crippen LogP contribution in [-0.2, 0) is 16.9 Å². The zero-order valence-electron chi connectivity index (χ0n) is 21.0. The van der Waals surface area contributed by atoms with E-state index in [9.17, 15) is 26.4 Å². The summed E-state index contributed by atoms with van der Waals surface area (Å²) in [5.41, 5.74) is 2.17. The molecule has 3 heterocycles. The third-order valence-corrected chi connectivity index (χ3v) is 6.88. The summed E-state index contributed by atoms with van der Waals surface area (Å²) in [6, 6.07) is 7.15. The van der Waals surface area contributed by atoms with Crippen LogP contribution in [0.3, 0.4) is 0 Å². The van der Waals surface area contributed by atoms with Gasteiger partial charge in [-0.3, -0.25) is 9.13 Å². The van der Waals surface area contributed by atoms with Crippen LogP contribution < -0.4 is 15.2 Å². The van der Waals surface area contributed by atoms with Gasteiger partial charge in [-0.05, 0) is 49.2 Å². The van der Waals surface area contributed by atoms with E-state index in [1.165, 1.54) is 46.6 Å². The number of sulfone groups is 1. The Morgan fingerprint density at radius 1 is 1.11 bits per heavy atom. The fourth-order valence-corrected chi connectivity index (χ4v) is 5.23. The van der Waals surface area contributed by atoms with Crippen molar-refractivity contribution in [1.29, 1.82) is 0 Å². The number of halogens is 3. The predicted molar refractivity (Wildman–Crippen MR) is 135 cm³/mol. The van der Waals surface area contributed by atoms with Crippen LogP contribution in [0, 0.1) is 12.7 Å². The number of pyridine rings is 2. The molecule has 38 heavy (non-hydrogen) atoms. The molecule has 0 N–H and O–H groups in total. The normalized spacial score (nSPS) is 12.7. The fraction of sp³-hybridized carbons (Fsp3) is 0.320. The molecule has 4 aromatic rings. The molecule has 3 aromatic heterocycles. The van der Waals surface area contributed by atoms with Crippen molar-refractivity contribution in [2.45, 2.75) is 26.5 Å². The first kappa shape index (κ1) is 27.2. The van der Waals surface area contributed by atoms with Gasteiger partial charge in [0.25, 0.3) is 5.88 Å². The lowest BCUT2D eigenvalue weighted by atomic mass is 10.0. The van der Waals surface area contributed by atoms with Gasteiger partial charge in [-0.25, -0.2) is 27.6 Å². The molecule has 0 amide bonds. The molecule has 0 saturated heterocycles. The maximum absolute atomic E-state index is 13.5. The number of imidazole rings is 1. The molecule has 0 saturated carbocycles. The molecule has 0 bridgehead atoms. The molecule has 0 spiro atoms. The number of aryl methyl sites for hydroxylation is 2. The lowest BCUT2D eigenvalue weighted by Crippen LogP contribution is -2.31. The van der Waals surface area contributed by atoms with E-state index in [-0.39, 0.29) is 29.6 Å². The van der Waals surface area contributed by atoms with E-state index in [0.29, 0.717) is 22.2 Å². The van der Waals surface area contributed by atoms with E-state index in [4.69, 9.17) is 4.74 Å². The van der Waals surface area contributed by atoms with Crippen molar-refractivity contribution >= 4 is 21.0 Å². The molecule has 4 rings (SSSR count). The smallest absolute Gasteiger partial charge is 0.387 e. The summed E-state index contributed by atoms with van der Waals surface area (Å²) >= 11 is 0. The number of nitrogens with zero attached hydrogens (tertiary/aromatic N) is 4. The predicted octanol–water partition coefficient (Wildman–Crippen LogP) is 3.88. The highest BCUT2D eigenvalue weighted by atomic mass is 32.2. The average Bonchev–Trinajstić information content (AvgIpc) is 3.09. The van der Waals surface area contributed by atoms with Crippen LogP contribution in [0.2, 0.25) is 0 Å². The van der Waals surface area contributed by atoms with Crippen molar-refractivity contribution in [1.82, 2.24) is 19.1 Å². The number of fused-ring (bicyclic) bond motifs is 1. The van der Waals surface area contributed by atoms with Gasteiger partial charge in [-0.1, -0.05) is 12.1 Å². The number of rotatable bonds is 9. The van der Waals surface area contributed by atoms with Crippen LogP contribution in [0.5, 0.6) is 11.6 Å². The average molecular weight is 551 g/mol. The summed E-state index contributed by atoms with van der Waals surface area (Å²) in [4.78, 5) is 22.3. The lowest BCUT2D eigenvalue weighted by Gasteiger charge is -2.19. The van der Waals surface area contributed by atoms with Crippen LogP contribution in [0.15, 0.2) is 47.4 Å². The standard InChI is InChI=1S/C25H25F3N4O5S/c1-5-36-23-20(37-24(27)28)11-10-18(30-23)19(13-38(4,34)35)32-22-21(31(3)25(32)33)14(2)17(12-29-22)15-6-8-16(26)9-7-15/h6-12,19,24H,5,13H2,1-4H3/t19-/m1/s1. The second-order valence-electron chi connectivity index (χ2n) is 8.65. The van der Waals surface area contributed by atoms with Gasteiger partial charge in [-0.2, -0.15) is 8.78 Å². The molecule has 0 unspecified atom stereocenters. The highest BCUT2D eigenvalue weighted by Gasteiger charge is 2.29. The highest BCUT2D eigenvalue weighted by molar-refractivity contribution is 7.90. The number of benzene rings is 1. The van der Waals surface area contributed by atoms with E-state index < -0.39 is 39.8 Å². The van der Waals surface area contributed by atoms with Crippen molar-refractivity contribution in [2.75, 3.05) is 18.6 Å². The van der Waals surface area contributed by atoms with E-state index in [1.54, 1.807) is 26.0 Å². The van der Waals surface area contributed by atoms with Gasteiger partial charge in [0.2, 0.25) is 0 Å². The van der Waals surface area contributed by atoms with Gasteiger partial charge in [-0.15, -0.1) is 0 Å². The summed E-state index contributed by atoms with van der Waals surface area (Å²) in [5, 5.41) is 0. The second kappa shape index (κ2) is 10.5. The molecule has 13 heteroatoms. The van der Waals surface area contributed by atoms with E-state index in [2.05, 4.69) is 14.7 Å². The first-order valence-electron chi connectivity index (χ1n) is 11.5. The summed E-state index contributed by atoms with van der Waals surface area (Å²) in [7, 11) is -2.15. The van der Waals surface area contributed by atoms with Crippen molar-refractivity contribution in [3.8, 4) is 22.8 Å². The molecule has 202 valence electrons. The van der Waals surface area contributed by atoms with Crippen molar-refractivity contribution in [3.63, 3.8) is 0 Å². The molecule has 0 aliphatic carbocycles. The van der Waals surface area contributed by atoms with Crippen molar-refractivity contribution in [3.05, 3.63) is 70.2 Å². The molecule has 0 aliphatic heterocycles. The third kappa shape index (κ3) is 5.37. The first-order valence-corrected chi connectivity index (χ1v) is 13.6. The number of hydrogen-bond acceptors (Lipinski definition) is 7. The Balaban J connectivity index is 1.94. The second-order valence-corrected chi connectivity index (χ2v) is 10.8. The minimum absolute atomic E-state index is 0.0773. The number of ether oxygens (including phenoxy) is 2. The maximum atomic E-state index is 13.5. The van der Waals surface area contributed by atoms with Crippen LogP contribution in [0.25, 0.3) is 22.3 Å². The van der Waals surface area contributed by atoms with Gasteiger partial charge in [0.05, 0.1) is 29.6 Å². The molecule has 1 atom stereocenters. The Labute approximate surface area is 216 Å². The quantitative estimate of drug-likeness (QED) is 0.312. The maximum Gasteiger partial charge on any atom is 0.387 e. The Morgan fingerprint density at radius 2 is 1.79 bits per heavy atom. The zero-order chi connectivity index (χ0) is 27.8. The van der Waals surface area contributed by atoms with Crippen molar-refractivity contribution in [2.24, 2.45) is 7.05 Å². The molecular weight excluding hydrogens is 525 g/mol. The number of alkyl halides is 2. The monoisotopic (exact) mass is 550 g/mol. The Bertz CT molecular complexity index is 1650. The molecule has 0 fully saturated rings. The fourth-order valence-electron chi connectivity index (χ4n) is 4.34. The summed E-state index contributed by atoms with van der Waals surface area (Å²) in [6.45, 7) is 0.347. The molecule has 9 nitrogen and oxygen atoms in total. The van der Waals surface area contributed by atoms with Crippen LogP contribution in [0.4, 0.5) is 13.2 Å². The molecular formula is C25H25F3N4O5S. The van der Waals surface area contributed by atoms with E-state index in [0.717, 1.165) is 6.26 Å². The van der Waals surface area contributed by atoms with Crippen LogP contribution in [-0.4, -0.2) is 52.7 Å². The van der Waals surface area contributed by atoms with Gasteiger partial charge in [0.1, 0.15) is 15.7 Å². The minimum atomic E-state index is -3.68. The Kier molecular flexibility index (Phi) is 7.49.